The molecule has 3 rings (SSSR count). The summed E-state index contributed by atoms with van der Waals surface area (Å²) in [6.45, 7) is 2.17. The molecule has 0 bridgehead atoms. The van der Waals surface area contributed by atoms with Crippen molar-refractivity contribution in [3.8, 4) is 10.6 Å². The fraction of sp³-hybridized carbons (Fsp3) is 0.0769. The van der Waals surface area contributed by atoms with Crippen LogP contribution in [0.1, 0.15) is 5.56 Å². The van der Waals surface area contributed by atoms with Gasteiger partial charge in [0.15, 0.2) is 0 Å². The van der Waals surface area contributed by atoms with Crippen LogP contribution in [0.15, 0.2) is 41.8 Å². The molecule has 0 unspecified atom stereocenters. The Balaban J connectivity index is 2.33. The van der Waals surface area contributed by atoms with Gasteiger partial charge in [0, 0.05) is 10.9 Å². The van der Waals surface area contributed by atoms with E-state index >= 15 is 0 Å². The lowest BCUT2D eigenvalue weighted by atomic mass is 10.1. The Morgan fingerprint density at radius 1 is 1.07 bits per heavy atom. The summed E-state index contributed by atoms with van der Waals surface area (Å²) < 4.78 is 0. The smallest absolute Gasteiger partial charge is 0.0595 e. The average Bonchev–Trinajstić information content (AvgIpc) is 2.87. The van der Waals surface area contributed by atoms with E-state index in [2.05, 4.69) is 53.7 Å². The van der Waals surface area contributed by atoms with E-state index in [1.165, 1.54) is 27.0 Å². The number of nitrogens with one attached hydrogen (secondary N) is 1. The topological polar surface area (TPSA) is 15.8 Å². The lowest BCUT2D eigenvalue weighted by Gasteiger charge is -1.94. The quantitative estimate of drug-likeness (QED) is 0.623. The van der Waals surface area contributed by atoms with Gasteiger partial charge >= 0.3 is 0 Å². The first-order valence-corrected chi connectivity index (χ1v) is 5.85. The minimum atomic E-state index is 1.22. The maximum absolute atomic E-state index is 3.48. The number of H-pyrrole nitrogens is 1. The van der Waals surface area contributed by atoms with Crippen LogP contribution in [0.3, 0.4) is 0 Å². The molecule has 2 heteroatoms. The molecule has 0 atom stereocenters. The number of hydrogen-bond acceptors (Lipinski definition) is 1. The number of para-hydroxylation sites is 1. The summed E-state index contributed by atoms with van der Waals surface area (Å²) >= 11 is 1.77. The van der Waals surface area contributed by atoms with Crippen LogP contribution < -0.4 is 0 Å². The standard InChI is InChI=1S/C13H11NS/c1-9-10-5-2-3-6-11(10)14-13(9)12-7-4-8-15-12/h2-8,14H,1H3. The van der Waals surface area contributed by atoms with Crippen LogP contribution in [-0.4, -0.2) is 4.98 Å². The van der Waals surface area contributed by atoms with Crippen LogP contribution in [0.5, 0.6) is 0 Å². The number of hydrogen-bond donors (Lipinski definition) is 1. The fourth-order valence-corrected chi connectivity index (χ4v) is 2.73. The molecule has 0 aliphatic carbocycles. The molecule has 1 nitrogen and oxygen atoms in total. The predicted octanol–water partition coefficient (Wildman–Crippen LogP) is 4.20. The molecule has 0 amide bonds. The van der Waals surface area contributed by atoms with Gasteiger partial charge in [-0.05, 0) is 30.0 Å². The van der Waals surface area contributed by atoms with Gasteiger partial charge in [-0.25, -0.2) is 0 Å². The van der Waals surface area contributed by atoms with Gasteiger partial charge < -0.3 is 4.98 Å². The minimum absolute atomic E-state index is 1.22. The van der Waals surface area contributed by atoms with Crippen molar-refractivity contribution in [3.05, 3.63) is 47.3 Å². The van der Waals surface area contributed by atoms with Crippen LogP contribution in [0.4, 0.5) is 0 Å². The van der Waals surface area contributed by atoms with Gasteiger partial charge in [0.05, 0.1) is 10.6 Å². The number of rotatable bonds is 1. The van der Waals surface area contributed by atoms with Crippen molar-refractivity contribution in [2.75, 3.05) is 0 Å². The maximum atomic E-state index is 3.48. The van der Waals surface area contributed by atoms with Crippen molar-refractivity contribution in [1.29, 1.82) is 0 Å². The van der Waals surface area contributed by atoms with E-state index < -0.39 is 0 Å². The molecule has 0 spiro atoms. The average molecular weight is 213 g/mol. The third-order valence-electron chi connectivity index (χ3n) is 2.73. The Kier molecular flexibility index (Phi) is 1.89. The zero-order valence-corrected chi connectivity index (χ0v) is 9.27. The summed E-state index contributed by atoms with van der Waals surface area (Å²) in [7, 11) is 0. The van der Waals surface area contributed by atoms with Crippen molar-refractivity contribution < 1.29 is 0 Å². The molecule has 0 saturated heterocycles. The van der Waals surface area contributed by atoms with Crippen LogP contribution in [0.2, 0.25) is 0 Å². The number of benzene rings is 1. The van der Waals surface area contributed by atoms with Gasteiger partial charge in [-0.2, -0.15) is 0 Å². The zero-order valence-electron chi connectivity index (χ0n) is 8.45. The second-order valence-corrected chi connectivity index (χ2v) is 4.60. The molecule has 3 aromatic rings. The molecule has 2 aromatic heterocycles. The summed E-state index contributed by atoms with van der Waals surface area (Å²) in [5.74, 6) is 0. The highest BCUT2D eigenvalue weighted by molar-refractivity contribution is 7.13. The van der Waals surface area contributed by atoms with E-state index in [1.807, 2.05) is 0 Å². The van der Waals surface area contributed by atoms with E-state index in [4.69, 9.17) is 0 Å². The molecule has 0 aliphatic rings. The van der Waals surface area contributed by atoms with Gasteiger partial charge in [-0.1, -0.05) is 24.3 Å². The Morgan fingerprint density at radius 3 is 2.67 bits per heavy atom. The summed E-state index contributed by atoms with van der Waals surface area (Å²) in [6, 6.07) is 12.7. The van der Waals surface area contributed by atoms with Crippen molar-refractivity contribution in [1.82, 2.24) is 4.98 Å². The lowest BCUT2D eigenvalue weighted by molar-refractivity contribution is 1.43. The summed E-state index contributed by atoms with van der Waals surface area (Å²) in [5.41, 5.74) is 3.82. The maximum Gasteiger partial charge on any atom is 0.0595 e. The molecular weight excluding hydrogens is 202 g/mol. The first-order chi connectivity index (χ1) is 7.36. The van der Waals surface area contributed by atoms with Crippen LogP contribution >= 0.6 is 11.3 Å². The fourth-order valence-electron chi connectivity index (χ4n) is 1.95. The first kappa shape index (κ1) is 8.74. The van der Waals surface area contributed by atoms with Gasteiger partial charge in [0.2, 0.25) is 0 Å². The molecule has 2 heterocycles. The second-order valence-electron chi connectivity index (χ2n) is 3.65. The third kappa shape index (κ3) is 1.29. The molecule has 0 fully saturated rings. The van der Waals surface area contributed by atoms with Crippen molar-refractivity contribution in [2.45, 2.75) is 6.92 Å². The highest BCUT2D eigenvalue weighted by Crippen LogP contribution is 2.31. The number of fused-ring (bicyclic) bond motifs is 1. The Bertz CT molecular complexity index is 590. The number of aromatic amines is 1. The third-order valence-corrected chi connectivity index (χ3v) is 3.62. The van der Waals surface area contributed by atoms with E-state index in [1.54, 1.807) is 11.3 Å². The summed E-state index contributed by atoms with van der Waals surface area (Å²) in [4.78, 5) is 4.79. The molecular formula is C13H11NS. The zero-order chi connectivity index (χ0) is 10.3. The van der Waals surface area contributed by atoms with Gasteiger partial charge in [-0.3, -0.25) is 0 Å². The van der Waals surface area contributed by atoms with Gasteiger partial charge in [-0.15, -0.1) is 11.3 Å². The Labute approximate surface area is 92.4 Å². The van der Waals surface area contributed by atoms with E-state index in [9.17, 15) is 0 Å². The molecule has 74 valence electrons. The molecule has 15 heavy (non-hydrogen) atoms. The highest BCUT2D eigenvalue weighted by Gasteiger charge is 2.08. The highest BCUT2D eigenvalue weighted by atomic mass is 32.1. The number of aromatic nitrogens is 1. The van der Waals surface area contributed by atoms with E-state index in [-0.39, 0.29) is 0 Å². The Morgan fingerprint density at radius 2 is 1.93 bits per heavy atom. The van der Waals surface area contributed by atoms with Gasteiger partial charge in [0.1, 0.15) is 0 Å². The van der Waals surface area contributed by atoms with E-state index in [0.717, 1.165) is 0 Å². The monoisotopic (exact) mass is 213 g/mol. The summed E-state index contributed by atoms with van der Waals surface area (Å²) in [5, 5.41) is 3.43. The largest absolute Gasteiger partial charge is 0.354 e. The van der Waals surface area contributed by atoms with Crippen molar-refractivity contribution >= 4 is 22.2 Å². The van der Waals surface area contributed by atoms with Crippen molar-refractivity contribution in [3.63, 3.8) is 0 Å². The molecule has 1 N–H and O–H groups in total. The SMILES string of the molecule is Cc1c(-c2cccs2)[nH]c2ccccc12. The van der Waals surface area contributed by atoms with Crippen LogP contribution in [0, 0.1) is 6.92 Å². The molecule has 0 saturated carbocycles. The number of thiophene rings is 1. The predicted molar refractivity (Wildman–Crippen MR) is 66.3 cm³/mol. The second kappa shape index (κ2) is 3.24. The molecule has 0 aliphatic heterocycles. The first-order valence-electron chi connectivity index (χ1n) is 4.97. The van der Waals surface area contributed by atoms with Crippen LogP contribution in [-0.2, 0) is 0 Å². The van der Waals surface area contributed by atoms with Crippen LogP contribution in [0.25, 0.3) is 21.5 Å². The minimum Gasteiger partial charge on any atom is -0.354 e. The lowest BCUT2D eigenvalue weighted by Crippen LogP contribution is -1.73. The van der Waals surface area contributed by atoms with E-state index in [0.29, 0.717) is 0 Å². The summed E-state index contributed by atoms with van der Waals surface area (Å²) in [6.07, 6.45) is 0. The molecule has 1 aromatic carbocycles. The Hall–Kier alpha value is -1.54. The normalized spacial score (nSPS) is 11.0. The van der Waals surface area contributed by atoms with Crippen molar-refractivity contribution in [2.24, 2.45) is 0 Å². The molecule has 0 radical (unpaired) electrons. The van der Waals surface area contributed by atoms with Gasteiger partial charge in [0.25, 0.3) is 0 Å². The number of aryl methyl sites for hydroxylation is 1.